The third-order valence-electron chi connectivity index (χ3n) is 2.35. The van der Waals surface area contributed by atoms with Gasteiger partial charge in [0.05, 0.1) is 14.2 Å². The molecule has 0 amide bonds. The fraction of sp³-hybridized carbons (Fsp3) is 0.455. The largest absolute Gasteiger partial charge is 0.481 e. The van der Waals surface area contributed by atoms with E-state index in [1.165, 1.54) is 7.11 Å². The molecule has 1 aromatic rings. The minimum Gasteiger partial charge on any atom is -0.481 e. The maximum atomic E-state index is 11.2. The Hall–Kier alpha value is -1.62. The molecule has 0 aliphatic carbocycles. The zero-order chi connectivity index (χ0) is 12.1. The number of nitrogens with zero attached hydrogens (tertiary/aromatic N) is 1. The molecule has 5 heteroatoms. The van der Waals surface area contributed by atoms with Crippen LogP contribution < -0.4 is 10.5 Å². The van der Waals surface area contributed by atoms with E-state index in [4.69, 9.17) is 10.5 Å². The summed E-state index contributed by atoms with van der Waals surface area (Å²) < 4.78 is 9.55. The number of esters is 1. The SMILES string of the molecule is COC(=O)[C@H](N)Cc1cnc(OC)cc1C. The van der Waals surface area contributed by atoms with E-state index in [-0.39, 0.29) is 0 Å². The average molecular weight is 224 g/mol. The van der Waals surface area contributed by atoms with Gasteiger partial charge < -0.3 is 15.2 Å². The van der Waals surface area contributed by atoms with Gasteiger partial charge in [0.25, 0.3) is 0 Å². The van der Waals surface area contributed by atoms with Crippen molar-refractivity contribution < 1.29 is 14.3 Å². The summed E-state index contributed by atoms with van der Waals surface area (Å²) in [6, 6.07) is 1.15. The van der Waals surface area contributed by atoms with Crippen molar-refractivity contribution in [2.24, 2.45) is 5.73 Å². The number of aryl methyl sites for hydroxylation is 1. The van der Waals surface area contributed by atoms with Crippen LogP contribution in [0.1, 0.15) is 11.1 Å². The quantitative estimate of drug-likeness (QED) is 0.751. The highest BCUT2D eigenvalue weighted by Gasteiger charge is 2.15. The summed E-state index contributed by atoms with van der Waals surface area (Å²) in [5.41, 5.74) is 7.57. The Kier molecular flexibility index (Phi) is 4.25. The van der Waals surface area contributed by atoms with Crippen molar-refractivity contribution in [3.8, 4) is 5.88 Å². The Bertz CT molecular complexity index is 379. The molecule has 0 aliphatic heterocycles. The molecule has 0 fully saturated rings. The van der Waals surface area contributed by atoms with Gasteiger partial charge in [0, 0.05) is 18.7 Å². The van der Waals surface area contributed by atoms with Gasteiger partial charge in [-0.25, -0.2) is 4.98 Å². The van der Waals surface area contributed by atoms with Crippen molar-refractivity contribution in [2.45, 2.75) is 19.4 Å². The Balaban J connectivity index is 2.78. The van der Waals surface area contributed by atoms with E-state index < -0.39 is 12.0 Å². The Morgan fingerprint density at radius 1 is 1.56 bits per heavy atom. The molecule has 0 bridgehead atoms. The molecule has 1 heterocycles. The maximum Gasteiger partial charge on any atom is 0.322 e. The van der Waals surface area contributed by atoms with Gasteiger partial charge in [-0.1, -0.05) is 0 Å². The third-order valence-corrected chi connectivity index (χ3v) is 2.35. The van der Waals surface area contributed by atoms with Gasteiger partial charge in [0.15, 0.2) is 0 Å². The number of pyridine rings is 1. The lowest BCUT2D eigenvalue weighted by atomic mass is 10.0. The molecule has 5 nitrogen and oxygen atoms in total. The molecule has 0 radical (unpaired) electrons. The highest BCUT2D eigenvalue weighted by molar-refractivity contribution is 5.75. The van der Waals surface area contributed by atoms with Crippen LogP contribution in [0.3, 0.4) is 0 Å². The van der Waals surface area contributed by atoms with Gasteiger partial charge in [0.2, 0.25) is 5.88 Å². The number of hydrogen-bond acceptors (Lipinski definition) is 5. The molecule has 0 spiro atoms. The van der Waals surface area contributed by atoms with Gasteiger partial charge in [0.1, 0.15) is 6.04 Å². The second-order valence-corrected chi connectivity index (χ2v) is 3.49. The molecule has 2 N–H and O–H groups in total. The van der Waals surface area contributed by atoms with Gasteiger partial charge in [-0.15, -0.1) is 0 Å². The van der Waals surface area contributed by atoms with Crippen molar-refractivity contribution in [1.29, 1.82) is 0 Å². The number of methoxy groups -OCH3 is 2. The summed E-state index contributed by atoms with van der Waals surface area (Å²) in [5.74, 6) is 0.128. The first-order valence-corrected chi connectivity index (χ1v) is 4.91. The number of ether oxygens (including phenoxy) is 2. The second kappa shape index (κ2) is 5.46. The van der Waals surface area contributed by atoms with Gasteiger partial charge in [-0.2, -0.15) is 0 Å². The highest BCUT2D eigenvalue weighted by Crippen LogP contribution is 2.14. The van der Waals surface area contributed by atoms with E-state index >= 15 is 0 Å². The van der Waals surface area contributed by atoms with Crippen LogP contribution in [0.2, 0.25) is 0 Å². The van der Waals surface area contributed by atoms with Crippen LogP contribution in [0.15, 0.2) is 12.3 Å². The zero-order valence-electron chi connectivity index (χ0n) is 9.69. The number of rotatable bonds is 4. The first kappa shape index (κ1) is 12.4. The lowest BCUT2D eigenvalue weighted by molar-refractivity contribution is -0.142. The lowest BCUT2D eigenvalue weighted by Crippen LogP contribution is -2.33. The summed E-state index contributed by atoms with van der Waals surface area (Å²) in [4.78, 5) is 15.2. The maximum absolute atomic E-state index is 11.2. The van der Waals surface area contributed by atoms with Gasteiger partial charge in [-0.05, 0) is 18.1 Å². The van der Waals surface area contributed by atoms with E-state index in [1.807, 2.05) is 6.92 Å². The summed E-state index contributed by atoms with van der Waals surface area (Å²) in [5, 5.41) is 0. The van der Waals surface area contributed by atoms with E-state index in [2.05, 4.69) is 9.72 Å². The van der Waals surface area contributed by atoms with Gasteiger partial charge >= 0.3 is 5.97 Å². The van der Waals surface area contributed by atoms with Crippen LogP contribution in [-0.4, -0.2) is 31.2 Å². The van der Waals surface area contributed by atoms with Crippen LogP contribution in [-0.2, 0) is 16.0 Å². The first-order valence-electron chi connectivity index (χ1n) is 4.91. The minimum absolute atomic E-state index is 0.412. The molecule has 16 heavy (non-hydrogen) atoms. The van der Waals surface area contributed by atoms with Crippen LogP contribution in [0.5, 0.6) is 5.88 Å². The molecule has 0 aliphatic rings. The summed E-state index contributed by atoms with van der Waals surface area (Å²) in [7, 11) is 2.88. The average Bonchev–Trinajstić information content (AvgIpc) is 2.30. The molecule has 88 valence electrons. The van der Waals surface area contributed by atoms with Crippen molar-refractivity contribution in [1.82, 2.24) is 4.98 Å². The lowest BCUT2D eigenvalue weighted by Gasteiger charge is -2.11. The number of nitrogens with two attached hydrogens (primary N) is 1. The number of hydrogen-bond donors (Lipinski definition) is 1. The van der Waals surface area contributed by atoms with Crippen molar-refractivity contribution >= 4 is 5.97 Å². The van der Waals surface area contributed by atoms with Crippen LogP contribution in [0.4, 0.5) is 0 Å². The number of aromatic nitrogens is 1. The standard InChI is InChI=1S/C11H16N2O3/c1-7-4-10(15-2)13-6-8(7)5-9(12)11(14)16-3/h4,6,9H,5,12H2,1-3H3/t9-/m1/s1. The normalized spacial score (nSPS) is 12.0. The molecule has 0 unspecified atom stereocenters. The molecule has 0 aromatic carbocycles. The van der Waals surface area contributed by atoms with E-state index in [9.17, 15) is 4.79 Å². The fourth-order valence-corrected chi connectivity index (χ4v) is 1.36. The minimum atomic E-state index is -0.654. The van der Waals surface area contributed by atoms with Crippen LogP contribution in [0, 0.1) is 6.92 Å². The molecule has 1 rings (SSSR count). The predicted octanol–water partition coefficient (Wildman–Crippen LogP) is 0.441. The van der Waals surface area contributed by atoms with Crippen molar-refractivity contribution in [2.75, 3.05) is 14.2 Å². The van der Waals surface area contributed by atoms with E-state index in [1.54, 1.807) is 19.4 Å². The molecular formula is C11H16N2O3. The fourth-order valence-electron chi connectivity index (χ4n) is 1.36. The molecule has 1 atom stereocenters. The molecule has 1 aromatic heterocycles. The molecular weight excluding hydrogens is 208 g/mol. The van der Waals surface area contributed by atoms with Crippen molar-refractivity contribution in [3.05, 3.63) is 23.4 Å². The summed E-state index contributed by atoms with van der Waals surface area (Å²) in [6.07, 6.45) is 2.08. The number of carbonyl (C=O) groups is 1. The first-order chi connectivity index (χ1) is 7.58. The predicted molar refractivity (Wildman–Crippen MR) is 59.2 cm³/mol. The molecule has 0 saturated heterocycles. The van der Waals surface area contributed by atoms with Crippen molar-refractivity contribution in [3.63, 3.8) is 0 Å². The zero-order valence-corrected chi connectivity index (χ0v) is 9.69. The van der Waals surface area contributed by atoms with E-state index in [0.29, 0.717) is 12.3 Å². The van der Waals surface area contributed by atoms with E-state index in [0.717, 1.165) is 11.1 Å². The van der Waals surface area contributed by atoms with Crippen LogP contribution >= 0.6 is 0 Å². The topological polar surface area (TPSA) is 74.4 Å². The van der Waals surface area contributed by atoms with Gasteiger partial charge in [-0.3, -0.25) is 4.79 Å². The second-order valence-electron chi connectivity index (χ2n) is 3.49. The monoisotopic (exact) mass is 224 g/mol. The Morgan fingerprint density at radius 2 is 2.25 bits per heavy atom. The Labute approximate surface area is 94.6 Å². The smallest absolute Gasteiger partial charge is 0.322 e. The molecule has 0 saturated carbocycles. The highest BCUT2D eigenvalue weighted by atomic mass is 16.5. The number of carbonyl (C=O) groups excluding carboxylic acids is 1. The summed E-state index contributed by atoms with van der Waals surface area (Å²) in [6.45, 7) is 1.92. The third kappa shape index (κ3) is 2.93. The Morgan fingerprint density at radius 3 is 2.75 bits per heavy atom. The van der Waals surface area contributed by atoms with Crippen LogP contribution in [0.25, 0.3) is 0 Å². The summed E-state index contributed by atoms with van der Waals surface area (Å²) >= 11 is 0.